The molecule has 2 amide bonds. The SMILES string of the molecule is CCNC(=NCCN1C(=O)CCCC1=O)N(C)Cc1ccc(Cl)s1. The monoisotopic (exact) mass is 370 g/mol. The molecule has 1 aromatic rings. The van der Waals surface area contributed by atoms with Gasteiger partial charge in [-0.15, -0.1) is 11.3 Å². The molecule has 2 heterocycles. The lowest BCUT2D eigenvalue weighted by Gasteiger charge is -2.25. The number of amides is 2. The van der Waals surface area contributed by atoms with E-state index in [1.807, 2.05) is 31.0 Å². The van der Waals surface area contributed by atoms with Crippen molar-refractivity contribution in [1.82, 2.24) is 15.1 Å². The molecule has 6 nitrogen and oxygen atoms in total. The van der Waals surface area contributed by atoms with Gasteiger partial charge in [0.25, 0.3) is 0 Å². The van der Waals surface area contributed by atoms with E-state index in [9.17, 15) is 9.59 Å². The Labute approximate surface area is 151 Å². The summed E-state index contributed by atoms with van der Waals surface area (Å²) < 4.78 is 0.766. The molecule has 1 aliphatic rings. The average molecular weight is 371 g/mol. The van der Waals surface area contributed by atoms with Gasteiger partial charge in [0.05, 0.1) is 17.4 Å². The number of hydrogen-bond acceptors (Lipinski definition) is 4. The third-order valence-electron chi connectivity index (χ3n) is 3.69. The highest BCUT2D eigenvalue weighted by molar-refractivity contribution is 7.16. The lowest BCUT2D eigenvalue weighted by molar-refractivity contribution is -0.147. The van der Waals surface area contributed by atoms with Crippen molar-refractivity contribution in [3.8, 4) is 0 Å². The second kappa shape index (κ2) is 9.03. The zero-order valence-electron chi connectivity index (χ0n) is 14.0. The van der Waals surface area contributed by atoms with Gasteiger partial charge in [0.1, 0.15) is 0 Å². The number of halogens is 1. The normalized spacial score (nSPS) is 15.8. The van der Waals surface area contributed by atoms with E-state index in [0.717, 1.165) is 21.7 Å². The van der Waals surface area contributed by atoms with Crippen molar-refractivity contribution in [3.05, 3.63) is 21.3 Å². The fourth-order valence-corrected chi connectivity index (χ4v) is 3.66. The molecule has 1 N–H and O–H groups in total. The maximum atomic E-state index is 11.8. The molecule has 24 heavy (non-hydrogen) atoms. The van der Waals surface area contributed by atoms with Crippen molar-refractivity contribution in [2.45, 2.75) is 32.7 Å². The van der Waals surface area contributed by atoms with Crippen LogP contribution >= 0.6 is 22.9 Å². The lowest BCUT2D eigenvalue weighted by Crippen LogP contribution is -2.42. The second-order valence-corrected chi connectivity index (χ2v) is 7.39. The summed E-state index contributed by atoms with van der Waals surface area (Å²) >= 11 is 7.51. The molecule has 0 aliphatic carbocycles. The third kappa shape index (κ3) is 5.21. The smallest absolute Gasteiger partial charge is 0.229 e. The number of guanidine groups is 1. The summed E-state index contributed by atoms with van der Waals surface area (Å²) in [6, 6.07) is 3.88. The van der Waals surface area contributed by atoms with Crippen LogP contribution in [-0.4, -0.2) is 54.3 Å². The van der Waals surface area contributed by atoms with Gasteiger partial charge in [-0.3, -0.25) is 19.5 Å². The highest BCUT2D eigenvalue weighted by Gasteiger charge is 2.25. The molecule has 1 saturated heterocycles. The molecular formula is C16H23ClN4O2S. The van der Waals surface area contributed by atoms with Crippen molar-refractivity contribution in [2.24, 2.45) is 4.99 Å². The van der Waals surface area contributed by atoms with E-state index in [1.165, 1.54) is 4.90 Å². The van der Waals surface area contributed by atoms with Gasteiger partial charge < -0.3 is 10.2 Å². The number of nitrogens with one attached hydrogen (secondary N) is 1. The summed E-state index contributed by atoms with van der Waals surface area (Å²) in [6.45, 7) is 4.18. The highest BCUT2D eigenvalue weighted by Crippen LogP contribution is 2.22. The number of hydrogen-bond donors (Lipinski definition) is 1. The standard InChI is InChI=1S/C16H23ClN4O2S/c1-3-18-16(20(2)11-12-7-8-13(17)24-12)19-9-10-21-14(22)5-4-6-15(21)23/h7-8H,3-6,9-11H2,1-2H3,(H,18,19). The summed E-state index contributed by atoms with van der Waals surface area (Å²) in [5.41, 5.74) is 0. The lowest BCUT2D eigenvalue weighted by atomic mass is 10.1. The van der Waals surface area contributed by atoms with Crippen LogP contribution in [0.3, 0.4) is 0 Å². The number of carbonyl (C=O) groups is 2. The molecule has 132 valence electrons. The van der Waals surface area contributed by atoms with Gasteiger partial charge in [-0.05, 0) is 25.5 Å². The Morgan fingerprint density at radius 1 is 1.38 bits per heavy atom. The first-order valence-electron chi connectivity index (χ1n) is 8.08. The number of carbonyl (C=O) groups excluding carboxylic acids is 2. The fourth-order valence-electron chi connectivity index (χ4n) is 2.52. The van der Waals surface area contributed by atoms with Gasteiger partial charge in [0.15, 0.2) is 5.96 Å². The van der Waals surface area contributed by atoms with E-state index in [4.69, 9.17) is 11.6 Å². The van der Waals surface area contributed by atoms with Crippen LogP contribution in [0, 0.1) is 0 Å². The summed E-state index contributed by atoms with van der Waals surface area (Å²) in [5.74, 6) is 0.569. The minimum atomic E-state index is -0.0898. The Bertz CT molecular complexity index is 601. The Morgan fingerprint density at radius 3 is 2.67 bits per heavy atom. The number of piperidine rings is 1. The zero-order chi connectivity index (χ0) is 17.5. The summed E-state index contributed by atoms with van der Waals surface area (Å²) in [7, 11) is 1.95. The maximum Gasteiger partial charge on any atom is 0.229 e. The average Bonchev–Trinajstić information content (AvgIpc) is 2.94. The first kappa shape index (κ1) is 18.7. The first-order valence-corrected chi connectivity index (χ1v) is 9.27. The van der Waals surface area contributed by atoms with Crippen LogP contribution < -0.4 is 5.32 Å². The van der Waals surface area contributed by atoms with Crippen LogP contribution in [0.25, 0.3) is 0 Å². The number of imide groups is 1. The molecular weight excluding hydrogens is 348 g/mol. The first-order chi connectivity index (χ1) is 11.5. The van der Waals surface area contributed by atoms with Crippen LogP contribution in [0.4, 0.5) is 0 Å². The van der Waals surface area contributed by atoms with Gasteiger partial charge in [0, 0.05) is 37.9 Å². The van der Waals surface area contributed by atoms with Crippen molar-refractivity contribution in [2.75, 3.05) is 26.7 Å². The number of nitrogens with zero attached hydrogens (tertiary/aromatic N) is 3. The molecule has 2 rings (SSSR count). The van der Waals surface area contributed by atoms with Crippen LogP contribution in [0.5, 0.6) is 0 Å². The molecule has 1 fully saturated rings. The summed E-state index contributed by atoms with van der Waals surface area (Å²) in [6.07, 6.45) is 1.56. The largest absolute Gasteiger partial charge is 0.357 e. The second-order valence-electron chi connectivity index (χ2n) is 5.59. The van der Waals surface area contributed by atoms with Gasteiger partial charge in [-0.25, -0.2) is 0 Å². The Morgan fingerprint density at radius 2 is 2.08 bits per heavy atom. The van der Waals surface area contributed by atoms with Crippen LogP contribution in [0.15, 0.2) is 17.1 Å². The van der Waals surface area contributed by atoms with E-state index in [2.05, 4.69) is 10.3 Å². The third-order valence-corrected chi connectivity index (χ3v) is 4.90. The molecule has 0 atom stereocenters. The van der Waals surface area contributed by atoms with Crippen molar-refractivity contribution >= 4 is 40.7 Å². The van der Waals surface area contributed by atoms with E-state index in [-0.39, 0.29) is 11.8 Å². The van der Waals surface area contributed by atoms with Crippen molar-refractivity contribution < 1.29 is 9.59 Å². The van der Waals surface area contributed by atoms with E-state index in [1.54, 1.807) is 11.3 Å². The molecule has 0 radical (unpaired) electrons. The molecule has 8 heteroatoms. The summed E-state index contributed by atoms with van der Waals surface area (Å²) in [4.78, 5) is 32.6. The topological polar surface area (TPSA) is 65.0 Å². The van der Waals surface area contributed by atoms with Crippen LogP contribution in [0.2, 0.25) is 4.34 Å². The molecule has 0 bridgehead atoms. The molecule has 0 aromatic carbocycles. The number of rotatable bonds is 6. The van der Waals surface area contributed by atoms with Crippen molar-refractivity contribution in [3.63, 3.8) is 0 Å². The molecule has 0 unspecified atom stereocenters. The number of likely N-dealkylation sites (tertiary alicyclic amines) is 1. The Balaban J connectivity index is 1.94. The summed E-state index contributed by atoms with van der Waals surface area (Å²) in [5, 5.41) is 3.23. The quantitative estimate of drug-likeness (QED) is 0.474. The van der Waals surface area contributed by atoms with E-state index < -0.39 is 0 Å². The molecule has 0 spiro atoms. The number of thiophene rings is 1. The minimum absolute atomic E-state index is 0.0898. The minimum Gasteiger partial charge on any atom is -0.357 e. The van der Waals surface area contributed by atoms with Gasteiger partial charge in [-0.2, -0.15) is 0 Å². The van der Waals surface area contributed by atoms with Crippen LogP contribution in [-0.2, 0) is 16.1 Å². The molecule has 1 aliphatic heterocycles. The van der Waals surface area contributed by atoms with E-state index in [0.29, 0.717) is 38.9 Å². The number of aliphatic imine (C=N–C) groups is 1. The molecule has 0 saturated carbocycles. The van der Waals surface area contributed by atoms with Crippen LogP contribution in [0.1, 0.15) is 31.1 Å². The molecule has 1 aromatic heterocycles. The predicted octanol–water partition coefficient (Wildman–Crippen LogP) is 2.34. The van der Waals surface area contributed by atoms with Gasteiger partial charge >= 0.3 is 0 Å². The zero-order valence-corrected chi connectivity index (χ0v) is 15.6. The highest BCUT2D eigenvalue weighted by atomic mass is 35.5. The van der Waals surface area contributed by atoms with E-state index >= 15 is 0 Å². The Kier molecular flexibility index (Phi) is 7.05. The fraction of sp³-hybridized carbons (Fsp3) is 0.562. The maximum absolute atomic E-state index is 11.8. The predicted molar refractivity (Wildman–Crippen MR) is 97.3 cm³/mol. The van der Waals surface area contributed by atoms with Gasteiger partial charge in [-0.1, -0.05) is 11.6 Å². The Hall–Kier alpha value is -1.60. The van der Waals surface area contributed by atoms with Crippen molar-refractivity contribution in [1.29, 1.82) is 0 Å². The van der Waals surface area contributed by atoms with Gasteiger partial charge in [0.2, 0.25) is 11.8 Å².